The summed E-state index contributed by atoms with van der Waals surface area (Å²) in [6.45, 7) is 4.87. The van der Waals surface area contributed by atoms with Crippen LogP contribution in [0.15, 0.2) is 23.1 Å². The molecule has 0 fully saturated rings. The van der Waals surface area contributed by atoms with E-state index in [9.17, 15) is 8.42 Å². The third-order valence-electron chi connectivity index (χ3n) is 3.15. The number of ether oxygens (including phenoxy) is 2. The Morgan fingerprint density at radius 1 is 1.25 bits per heavy atom. The highest BCUT2D eigenvalue weighted by Crippen LogP contribution is 2.32. The Kier molecular flexibility index (Phi) is 4.85. The summed E-state index contributed by atoms with van der Waals surface area (Å²) in [5.41, 5.74) is 0. The SMILES string of the molecule is CCN(C)CCNS(=O)(=O)c1ccc2c(c1)OCCO2. The summed E-state index contributed by atoms with van der Waals surface area (Å²) in [5, 5.41) is 0. The molecule has 0 aliphatic carbocycles. The van der Waals surface area contributed by atoms with Crippen molar-refractivity contribution in [1.82, 2.24) is 9.62 Å². The molecule has 1 aromatic rings. The molecule has 6 nitrogen and oxygen atoms in total. The monoisotopic (exact) mass is 300 g/mol. The van der Waals surface area contributed by atoms with Crippen molar-refractivity contribution in [3.63, 3.8) is 0 Å². The smallest absolute Gasteiger partial charge is 0.240 e. The summed E-state index contributed by atoms with van der Waals surface area (Å²) in [5.74, 6) is 1.06. The van der Waals surface area contributed by atoms with Gasteiger partial charge in [-0.1, -0.05) is 6.92 Å². The third kappa shape index (κ3) is 3.62. The number of hydrogen-bond donors (Lipinski definition) is 1. The van der Waals surface area contributed by atoms with E-state index in [0.717, 1.165) is 6.54 Å². The fourth-order valence-electron chi connectivity index (χ4n) is 1.80. The van der Waals surface area contributed by atoms with Gasteiger partial charge in [-0.25, -0.2) is 13.1 Å². The molecule has 1 aliphatic heterocycles. The van der Waals surface area contributed by atoms with E-state index in [1.54, 1.807) is 6.07 Å². The van der Waals surface area contributed by atoms with E-state index in [-0.39, 0.29) is 4.90 Å². The van der Waals surface area contributed by atoms with Gasteiger partial charge in [0.2, 0.25) is 10.0 Å². The molecule has 0 bridgehead atoms. The van der Waals surface area contributed by atoms with Crippen LogP contribution in [0.1, 0.15) is 6.92 Å². The minimum Gasteiger partial charge on any atom is -0.486 e. The van der Waals surface area contributed by atoms with Gasteiger partial charge < -0.3 is 14.4 Å². The molecule has 1 N–H and O–H groups in total. The molecule has 1 aromatic carbocycles. The second-order valence-electron chi connectivity index (χ2n) is 4.60. The van der Waals surface area contributed by atoms with Gasteiger partial charge in [0.05, 0.1) is 4.90 Å². The quantitative estimate of drug-likeness (QED) is 0.837. The van der Waals surface area contributed by atoms with Crippen molar-refractivity contribution in [1.29, 1.82) is 0 Å². The van der Waals surface area contributed by atoms with Gasteiger partial charge in [0.1, 0.15) is 13.2 Å². The van der Waals surface area contributed by atoms with Gasteiger partial charge in [-0.3, -0.25) is 0 Å². The maximum atomic E-state index is 12.2. The van der Waals surface area contributed by atoms with Gasteiger partial charge in [-0.15, -0.1) is 0 Å². The summed E-state index contributed by atoms with van der Waals surface area (Å²) >= 11 is 0. The number of benzene rings is 1. The standard InChI is InChI=1S/C13H20N2O4S/c1-3-15(2)7-6-14-20(16,17)11-4-5-12-13(10-11)19-9-8-18-12/h4-5,10,14H,3,6-9H2,1-2H3. The molecule has 0 unspecified atom stereocenters. The number of likely N-dealkylation sites (N-methyl/N-ethyl adjacent to an activating group) is 1. The lowest BCUT2D eigenvalue weighted by Gasteiger charge is -2.19. The molecular formula is C13H20N2O4S. The highest BCUT2D eigenvalue weighted by molar-refractivity contribution is 7.89. The first kappa shape index (κ1) is 15.1. The largest absolute Gasteiger partial charge is 0.486 e. The summed E-state index contributed by atoms with van der Waals surface area (Å²) in [4.78, 5) is 2.23. The summed E-state index contributed by atoms with van der Waals surface area (Å²) in [6.07, 6.45) is 0. The number of rotatable bonds is 6. The molecular weight excluding hydrogens is 280 g/mol. The lowest BCUT2D eigenvalue weighted by Crippen LogP contribution is -2.33. The van der Waals surface area contributed by atoms with E-state index >= 15 is 0 Å². The minimum absolute atomic E-state index is 0.195. The third-order valence-corrected chi connectivity index (χ3v) is 4.61. The van der Waals surface area contributed by atoms with Crippen LogP contribution in [0.5, 0.6) is 11.5 Å². The number of nitrogens with zero attached hydrogens (tertiary/aromatic N) is 1. The normalized spacial score (nSPS) is 14.6. The van der Waals surface area contributed by atoms with Crippen LogP contribution in [0, 0.1) is 0 Å². The molecule has 0 amide bonds. The van der Waals surface area contributed by atoms with Crippen LogP contribution in [0.3, 0.4) is 0 Å². The molecule has 0 radical (unpaired) electrons. The molecule has 0 saturated heterocycles. The van der Waals surface area contributed by atoms with Crippen molar-refractivity contribution < 1.29 is 17.9 Å². The number of hydrogen-bond acceptors (Lipinski definition) is 5. The van der Waals surface area contributed by atoms with Crippen LogP contribution in [-0.2, 0) is 10.0 Å². The highest BCUT2D eigenvalue weighted by atomic mass is 32.2. The van der Waals surface area contributed by atoms with Crippen molar-refractivity contribution in [2.45, 2.75) is 11.8 Å². The van der Waals surface area contributed by atoms with Crippen LogP contribution in [0.25, 0.3) is 0 Å². The molecule has 1 heterocycles. The second kappa shape index (κ2) is 6.43. The first-order valence-electron chi connectivity index (χ1n) is 6.61. The molecule has 0 atom stereocenters. The minimum atomic E-state index is -3.51. The van der Waals surface area contributed by atoms with Crippen molar-refractivity contribution in [3.8, 4) is 11.5 Å². The molecule has 112 valence electrons. The van der Waals surface area contributed by atoms with Crippen molar-refractivity contribution in [3.05, 3.63) is 18.2 Å². The van der Waals surface area contributed by atoms with Crippen molar-refractivity contribution in [2.24, 2.45) is 0 Å². The second-order valence-corrected chi connectivity index (χ2v) is 6.37. The van der Waals surface area contributed by atoms with Gasteiger partial charge in [-0.05, 0) is 25.7 Å². The Balaban J connectivity index is 2.05. The number of fused-ring (bicyclic) bond motifs is 1. The van der Waals surface area contributed by atoms with Crippen LogP contribution in [-0.4, -0.2) is 53.2 Å². The fourth-order valence-corrected chi connectivity index (χ4v) is 2.84. The van der Waals surface area contributed by atoms with E-state index < -0.39 is 10.0 Å². The van der Waals surface area contributed by atoms with Crippen molar-refractivity contribution >= 4 is 10.0 Å². The molecule has 1 aliphatic rings. The van der Waals surface area contributed by atoms with Gasteiger partial charge in [0.15, 0.2) is 11.5 Å². The Hall–Kier alpha value is -1.31. The summed E-state index contributed by atoms with van der Waals surface area (Å²) in [6, 6.07) is 4.65. The maximum absolute atomic E-state index is 12.2. The molecule has 7 heteroatoms. The Morgan fingerprint density at radius 2 is 1.95 bits per heavy atom. The first-order valence-corrected chi connectivity index (χ1v) is 8.09. The van der Waals surface area contributed by atoms with Crippen LogP contribution in [0.2, 0.25) is 0 Å². The molecule has 20 heavy (non-hydrogen) atoms. The van der Waals surface area contributed by atoms with E-state index in [0.29, 0.717) is 37.8 Å². The molecule has 2 rings (SSSR count). The topological polar surface area (TPSA) is 67.9 Å². The van der Waals surface area contributed by atoms with E-state index in [1.807, 2.05) is 18.9 Å². The fraction of sp³-hybridized carbons (Fsp3) is 0.538. The number of sulfonamides is 1. The predicted octanol–water partition coefficient (Wildman–Crippen LogP) is 0.688. The van der Waals surface area contributed by atoms with Gasteiger partial charge >= 0.3 is 0 Å². The Labute approximate surface area is 119 Å². The lowest BCUT2D eigenvalue weighted by atomic mass is 10.3. The van der Waals surface area contributed by atoms with E-state index in [1.165, 1.54) is 12.1 Å². The molecule has 0 spiro atoms. The first-order chi connectivity index (χ1) is 9.53. The summed E-state index contributed by atoms with van der Waals surface area (Å²) < 4.78 is 37.7. The van der Waals surface area contributed by atoms with E-state index in [4.69, 9.17) is 9.47 Å². The zero-order valence-electron chi connectivity index (χ0n) is 11.8. The maximum Gasteiger partial charge on any atom is 0.240 e. The van der Waals surface area contributed by atoms with Gasteiger partial charge in [0.25, 0.3) is 0 Å². The molecule has 0 aromatic heterocycles. The van der Waals surface area contributed by atoms with Crippen LogP contribution in [0.4, 0.5) is 0 Å². The summed E-state index contributed by atoms with van der Waals surface area (Å²) in [7, 11) is -1.57. The van der Waals surface area contributed by atoms with Gasteiger partial charge in [0, 0.05) is 19.2 Å². The van der Waals surface area contributed by atoms with Gasteiger partial charge in [-0.2, -0.15) is 0 Å². The zero-order valence-corrected chi connectivity index (χ0v) is 12.6. The average Bonchev–Trinajstić information content (AvgIpc) is 2.46. The number of nitrogens with one attached hydrogen (secondary N) is 1. The highest BCUT2D eigenvalue weighted by Gasteiger charge is 2.18. The lowest BCUT2D eigenvalue weighted by molar-refractivity contribution is 0.171. The Morgan fingerprint density at radius 3 is 2.65 bits per heavy atom. The average molecular weight is 300 g/mol. The van der Waals surface area contributed by atoms with Crippen LogP contribution >= 0.6 is 0 Å². The van der Waals surface area contributed by atoms with Crippen molar-refractivity contribution in [2.75, 3.05) is 39.9 Å². The molecule has 0 saturated carbocycles. The van der Waals surface area contributed by atoms with Crippen LogP contribution < -0.4 is 14.2 Å². The predicted molar refractivity (Wildman–Crippen MR) is 75.8 cm³/mol. The Bertz CT molecular complexity index is 559. The van der Waals surface area contributed by atoms with E-state index in [2.05, 4.69) is 4.72 Å². The zero-order chi connectivity index (χ0) is 14.6.